The lowest BCUT2D eigenvalue weighted by atomic mass is 10.1. The summed E-state index contributed by atoms with van der Waals surface area (Å²) in [6.45, 7) is 8.01. The van der Waals surface area contributed by atoms with Crippen molar-refractivity contribution >= 4 is 21.8 Å². The summed E-state index contributed by atoms with van der Waals surface area (Å²) >= 11 is 3.06. The van der Waals surface area contributed by atoms with E-state index in [4.69, 9.17) is 0 Å². The van der Waals surface area contributed by atoms with Crippen molar-refractivity contribution in [3.63, 3.8) is 0 Å². The van der Waals surface area contributed by atoms with Crippen molar-refractivity contribution in [1.82, 2.24) is 24.9 Å². The van der Waals surface area contributed by atoms with Gasteiger partial charge in [-0.2, -0.15) is 23.4 Å². The van der Waals surface area contributed by atoms with Gasteiger partial charge in [-0.05, 0) is 56.5 Å². The number of nitrogens with one attached hydrogen (secondary N) is 1. The average molecular weight is 462 g/mol. The third-order valence-corrected chi connectivity index (χ3v) is 5.91. The zero-order chi connectivity index (χ0) is 20.8. The molecule has 2 heterocycles. The summed E-state index contributed by atoms with van der Waals surface area (Å²) in [6.07, 6.45) is -1.29. The molecule has 2 aromatic rings. The number of aromatic nitrogens is 4. The van der Waals surface area contributed by atoms with Crippen LogP contribution in [0.5, 0.6) is 0 Å². The van der Waals surface area contributed by atoms with Gasteiger partial charge < -0.3 is 5.32 Å². The molecule has 154 valence electrons. The molecule has 1 saturated carbocycles. The van der Waals surface area contributed by atoms with Crippen LogP contribution >= 0.6 is 15.9 Å². The van der Waals surface area contributed by atoms with Gasteiger partial charge in [0.25, 0.3) is 0 Å². The molecule has 1 aliphatic carbocycles. The molecular formula is C18H23BrF3N5O. The summed E-state index contributed by atoms with van der Waals surface area (Å²) in [5, 5.41) is 10.9. The lowest BCUT2D eigenvalue weighted by molar-refractivity contribution is -0.142. The highest BCUT2D eigenvalue weighted by Gasteiger charge is 2.43. The predicted molar refractivity (Wildman–Crippen MR) is 101 cm³/mol. The lowest BCUT2D eigenvalue weighted by Crippen LogP contribution is -2.34. The van der Waals surface area contributed by atoms with Gasteiger partial charge in [0, 0.05) is 23.7 Å². The molecule has 0 bridgehead atoms. The summed E-state index contributed by atoms with van der Waals surface area (Å²) in [4.78, 5) is 12.8. The summed E-state index contributed by atoms with van der Waals surface area (Å²) < 4.78 is 42.8. The molecule has 1 amide bonds. The zero-order valence-corrected chi connectivity index (χ0v) is 17.7. The minimum atomic E-state index is -4.58. The zero-order valence-electron chi connectivity index (χ0n) is 16.1. The molecule has 1 N–H and O–H groups in total. The third-order valence-electron chi connectivity index (χ3n) is 5.13. The van der Waals surface area contributed by atoms with E-state index in [1.807, 2.05) is 25.5 Å². The number of hydrogen-bond acceptors (Lipinski definition) is 3. The normalized spacial score (nSPS) is 16.9. The van der Waals surface area contributed by atoms with Crippen LogP contribution in [0.1, 0.15) is 74.3 Å². The molecule has 2 unspecified atom stereocenters. The Labute approximate surface area is 169 Å². The maximum Gasteiger partial charge on any atom is 0.436 e. The first-order valence-corrected chi connectivity index (χ1v) is 10.0. The number of hydrogen-bond donors (Lipinski definition) is 1. The molecule has 1 aliphatic rings. The van der Waals surface area contributed by atoms with E-state index >= 15 is 0 Å². The highest BCUT2D eigenvalue weighted by atomic mass is 79.9. The molecular weight excluding hydrogens is 439 g/mol. The first-order valence-electron chi connectivity index (χ1n) is 9.24. The van der Waals surface area contributed by atoms with Gasteiger partial charge in [0.15, 0.2) is 5.69 Å². The number of aryl methyl sites for hydroxylation is 1. The van der Waals surface area contributed by atoms with E-state index in [0.717, 1.165) is 30.6 Å². The van der Waals surface area contributed by atoms with Crippen molar-refractivity contribution in [3.8, 4) is 0 Å². The van der Waals surface area contributed by atoms with Crippen LogP contribution in [0, 0.1) is 6.92 Å². The first-order chi connectivity index (χ1) is 13.1. The fourth-order valence-electron chi connectivity index (χ4n) is 3.35. The van der Waals surface area contributed by atoms with E-state index in [-0.39, 0.29) is 22.3 Å². The van der Waals surface area contributed by atoms with Crippen molar-refractivity contribution < 1.29 is 18.0 Å². The lowest BCUT2D eigenvalue weighted by Gasteiger charge is -2.19. The van der Waals surface area contributed by atoms with Gasteiger partial charge in [-0.1, -0.05) is 0 Å². The van der Waals surface area contributed by atoms with Crippen LogP contribution in [-0.4, -0.2) is 25.5 Å². The Morgan fingerprint density at radius 2 is 2.04 bits per heavy atom. The molecule has 3 rings (SSSR count). The van der Waals surface area contributed by atoms with Gasteiger partial charge in [-0.25, -0.2) is 0 Å². The fourth-order valence-corrected chi connectivity index (χ4v) is 4.16. The SMILES string of the molecule is CCn1ncc(C(C)NC(=O)C(C)n2nc(C(F)(F)F)c(Br)c2C2CC2)c1C. The number of nitrogens with zero attached hydrogens (tertiary/aromatic N) is 4. The molecule has 10 heteroatoms. The molecule has 0 aromatic carbocycles. The quantitative estimate of drug-likeness (QED) is 0.688. The fraction of sp³-hybridized carbons (Fsp3) is 0.611. The second-order valence-electron chi connectivity index (χ2n) is 7.17. The molecule has 2 aromatic heterocycles. The topological polar surface area (TPSA) is 64.7 Å². The molecule has 6 nitrogen and oxygen atoms in total. The molecule has 0 aliphatic heterocycles. The Morgan fingerprint density at radius 1 is 1.39 bits per heavy atom. The monoisotopic (exact) mass is 461 g/mol. The minimum absolute atomic E-state index is 0.00400. The molecule has 28 heavy (non-hydrogen) atoms. The second kappa shape index (κ2) is 7.53. The first kappa shape index (κ1) is 20.9. The summed E-state index contributed by atoms with van der Waals surface area (Å²) in [5.41, 5.74) is 1.28. The van der Waals surface area contributed by atoms with Gasteiger partial charge >= 0.3 is 6.18 Å². The molecule has 2 atom stereocenters. The van der Waals surface area contributed by atoms with Gasteiger partial charge in [0.1, 0.15) is 6.04 Å². The Hall–Kier alpha value is -1.84. The largest absolute Gasteiger partial charge is 0.436 e. The van der Waals surface area contributed by atoms with E-state index in [9.17, 15) is 18.0 Å². The van der Waals surface area contributed by atoms with Crippen LogP contribution in [0.15, 0.2) is 10.7 Å². The third kappa shape index (κ3) is 3.83. The van der Waals surface area contributed by atoms with Crippen molar-refractivity contribution in [2.45, 2.75) is 71.3 Å². The van der Waals surface area contributed by atoms with Gasteiger partial charge in [-0.15, -0.1) is 0 Å². The Kier molecular flexibility index (Phi) is 5.62. The average Bonchev–Trinajstić information content (AvgIpc) is 3.28. The highest BCUT2D eigenvalue weighted by Crippen LogP contribution is 2.47. The Bertz CT molecular complexity index is 885. The van der Waals surface area contributed by atoms with Crippen molar-refractivity contribution in [2.75, 3.05) is 0 Å². The highest BCUT2D eigenvalue weighted by molar-refractivity contribution is 9.10. The van der Waals surface area contributed by atoms with Crippen LogP contribution in [-0.2, 0) is 17.5 Å². The van der Waals surface area contributed by atoms with Gasteiger partial charge in [0.05, 0.1) is 22.4 Å². The molecule has 1 fully saturated rings. The second-order valence-corrected chi connectivity index (χ2v) is 7.96. The summed E-state index contributed by atoms with van der Waals surface area (Å²) in [7, 11) is 0. The molecule has 0 radical (unpaired) electrons. The number of carbonyl (C=O) groups excluding carboxylic acids is 1. The number of amides is 1. The van der Waals surface area contributed by atoms with Crippen LogP contribution in [0.4, 0.5) is 13.2 Å². The number of rotatable bonds is 6. The van der Waals surface area contributed by atoms with E-state index in [2.05, 4.69) is 31.4 Å². The summed E-state index contributed by atoms with van der Waals surface area (Å²) in [5.74, 6) is -0.391. The van der Waals surface area contributed by atoms with Crippen LogP contribution in [0.25, 0.3) is 0 Å². The van der Waals surface area contributed by atoms with E-state index in [1.54, 1.807) is 13.1 Å². The maximum atomic E-state index is 13.3. The number of alkyl halides is 3. The maximum absolute atomic E-state index is 13.3. The summed E-state index contributed by atoms with van der Waals surface area (Å²) in [6, 6.07) is -1.19. The van der Waals surface area contributed by atoms with Gasteiger partial charge in [0.2, 0.25) is 5.91 Å². The predicted octanol–water partition coefficient (Wildman–Crippen LogP) is 4.51. The number of halogens is 4. The van der Waals surface area contributed by atoms with Crippen molar-refractivity contribution in [1.29, 1.82) is 0 Å². The number of carbonyl (C=O) groups is 1. The van der Waals surface area contributed by atoms with Crippen LogP contribution in [0.3, 0.4) is 0 Å². The van der Waals surface area contributed by atoms with E-state index in [1.165, 1.54) is 4.68 Å². The Balaban J connectivity index is 1.84. The minimum Gasteiger partial charge on any atom is -0.348 e. The smallest absolute Gasteiger partial charge is 0.348 e. The molecule has 0 spiro atoms. The van der Waals surface area contributed by atoms with Crippen LogP contribution in [0.2, 0.25) is 0 Å². The van der Waals surface area contributed by atoms with E-state index < -0.39 is 17.9 Å². The van der Waals surface area contributed by atoms with Gasteiger partial charge in [-0.3, -0.25) is 14.2 Å². The molecule has 0 saturated heterocycles. The van der Waals surface area contributed by atoms with Crippen molar-refractivity contribution in [2.24, 2.45) is 0 Å². The Morgan fingerprint density at radius 3 is 2.54 bits per heavy atom. The van der Waals surface area contributed by atoms with Crippen LogP contribution < -0.4 is 5.32 Å². The van der Waals surface area contributed by atoms with E-state index in [0.29, 0.717) is 5.69 Å². The standard InChI is InChI=1S/C18H23BrF3N5O/c1-5-26-10(3)13(8-23-26)9(2)24-17(28)11(4)27-15(12-6-7-12)14(19)16(25-27)18(20,21)22/h8-9,11-12H,5-7H2,1-4H3,(H,24,28). The van der Waals surface area contributed by atoms with Crippen molar-refractivity contribution in [3.05, 3.63) is 33.3 Å².